The van der Waals surface area contributed by atoms with Crippen molar-refractivity contribution in [2.45, 2.75) is 71.4 Å². The fourth-order valence-corrected chi connectivity index (χ4v) is 3.58. The number of hydrogen-bond donors (Lipinski definition) is 1. The average Bonchev–Trinajstić information content (AvgIpc) is 2.70. The summed E-state index contributed by atoms with van der Waals surface area (Å²) in [6, 6.07) is 4.14. The van der Waals surface area contributed by atoms with E-state index >= 15 is 0 Å². The fourth-order valence-electron chi connectivity index (χ4n) is 3.58. The van der Waals surface area contributed by atoms with Crippen LogP contribution in [0.5, 0.6) is 5.75 Å². The molecule has 3 rings (SSSR count). The van der Waals surface area contributed by atoms with Crippen molar-refractivity contribution in [1.82, 2.24) is 0 Å². The number of halogens is 1. The van der Waals surface area contributed by atoms with Gasteiger partial charge < -0.3 is 10.0 Å². The Morgan fingerprint density at radius 2 is 1.75 bits per heavy atom. The Hall–Kier alpha value is -1.25. The van der Waals surface area contributed by atoms with Crippen LogP contribution in [0.2, 0.25) is 0 Å². The fraction of sp³-hybridized carbons (Fsp3) is 0.647. The Morgan fingerprint density at radius 3 is 2.25 bits per heavy atom. The topological polar surface area (TPSA) is 23.5 Å². The lowest BCUT2D eigenvalue weighted by molar-refractivity contribution is 0.431. The van der Waals surface area contributed by atoms with Crippen LogP contribution in [0.4, 0.5) is 10.1 Å². The quantitative estimate of drug-likeness (QED) is 0.852. The van der Waals surface area contributed by atoms with Gasteiger partial charge in [0.15, 0.2) is 5.82 Å². The molecular weight excluding hydrogens is 253 g/mol. The van der Waals surface area contributed by atoms with Gasteiger partial charge in [0.2, 0.25) is 0 Å². The highest BCUT2D eigenvalue weighted by molar-refractivity contribution is 5.62. The minimum Gasteiger partial charge on any atom is -0.506 e. The molecule has 1 aromatic rings. The lowest BCUT2D eigenvalue weighted by atomic mass is 10.0. The molecule has 2 aliphatic rings. The van der Waals surface area contributed by atoms with Gasteiger partial charge in [-0.15, -0.1) is 0 Å². The molecule has 2 nitrogen and oxygen atoms in total. The molecule has 2 heterocycles. The summed E-state index contributed by atoms with van der Waals surface area (Å²) in [5.74, 6) is -0.142. The van der Waals surface area contributed by atoms with Gasteiger partial charge >= 0.3 is 0 Å². The maximum atomic E-state index is 14.3. The van der Waals surface area contributed by atoms with Crippen LogP contribution in [0.1, 0.15) is 58.4 Å². The lowest BCUT2D eigenvalue weighted by Gasteiger charge is -2.37. The lowest BCUT2D eigenvalue weighted by Crippen LogP contribution is -2.40. The van der Waals surface area contributed by atoms with Crippen molar-refractivity contribution < 1.29 is 9.50 Å². The number of piperidine rings is 1. The van der Waals surface area contributed by atoms with Gasteiger partial charge in [0.05, 0.1) is 0 Å². The van der Waals surface area contributed by atoms with Gasteiger partial charge in [-0.1, -0.05) is 20.8 Å². The monoisotopic (exact) mass is 279 g/mol. The van der Waals surface area contributed by atoms with Crippen LogP contribution in [-0.4, -0.2) is 17.2 Å². The number of hydrogen-bond acceptors (Lipinski definition) is 2. The van der Waals surface area contributed by atoms with E-state index < -0.39 is 0 Å². The van der Waals surface area contributed by atoms with Crippen molar-refractivity contribution in [2.75, 3.05) is 4.90 Å². The summed E-state index contributed by atoms with van der Waals surface area (Å²) in [4.78, 5) is 2.15. The molecular formula is C17H26FNO. The van der Waals surface area contributed by atoms with E-state index in [2.05, 4.69) is 4.90 Å². The molecule has 0 radical (unpaired) electrons. The van der Waals surface area contributed by atoms with Crippen LogP contribution < -0.4 is 4.90 Å². The predicted molar refractivity (Wildman–Crippen MR) is 81.9 cm³/mol. The van der Waals surface area contributed by atoms with E-state index in [1.807, 2.05) is 20.8 Å². The van der Waals surface area contributed by atoms with Crippen molar-refractivity contribution in [1.29, 1.82) is 0 Å². The second-order valence-corrected chi connectivity index (χ2v) is 5.52. The molecule has 1 N–H and O–H groups in total. The molecule has 2 unspecified atom stereocenters. The maximum Gasteiger partial charge on any atom is 0.150 e. The summed E-state index contributed by atoms with van der Waals surface area (Å²) in [5, 5.41) is 10.1. The highest BCUT2D eigenvalue weighted by atomic mass is 19.1. The number of nitrogens with zero attached hydrogens (tertiary/aromatic N) is 1. The molecule has 2 bridgehead atoms. The summed E-state index contributed by atoms with van der Waals surface area (Å²) in [7, 11) is 0. The SMILES string of the molecule is CC.CCc1cc(O)c(N2C3CCCC2CC3)c(F)c1. The number of fused-ring (bicyclic) bond motifs is 2. The third-order valence-electron chi connectivity index (χ3n) is 4.46. The first-order valence-electron chi connectivity index (χ1n) is 8.00. The highest BCUT2D eigenvalue weighted by Gasteiger charge is 2.38. The van der Waals surface area contributed by atoms with Crippen molar-refractivity contribution >= 4 is 5.69 Å². The molecule has 20 heavy (non-hydrogen) atoms. The molecule has 2 aliphatic heterocycles. The second kappa shape index (κ2) is 6.47. The molecule has 3 heteroatoms. The van der Waals surface area contributed by atoms with Crippen LogP contribution in [0.25, 0.3) is 0 Å². The van der Waals surface area contributed by atoms with Gasteiger partial charge in [-0.05, 0) is 56.2 Å². The second-order valence-electron chi connectivity index (χ2n) is 5.52. The van der Waals surface area contributed by atoms with Gasteiger partial charge in [-0.25, -0.2) is 4.39 Å². The first kappa shape index (κ1) is 15.1. The minimum atomic E-state index is -0.259. The zero-order valence-electron chi connectivity index (χ0n) is 12.8. The van der Waals surface area contributed by atoms with E-state index in [1.165, 1.54) is 6.42 Å². The maximum absolute atomic E-state index is 14.3. The average molecular weight is 279 g/mol. The number of rotatable bonds is 2. The molecule has 2 saturated heterocycles. The van der Waals surface area contributed by atoms with Gasteiger partial charge in [0.25, 0.3) is 0 Å². The molecule has 2 atom stereocenters. The number of anilines is 1. The minimum absolute atomic E-state index is 0.116. The van der Waals surface area contributed by atoms with Gasteiger partial charge in [-0.3, -0.25) is 0 Å². The van der Waals surface area contributed by atoms with Gasteiger partial charge in [0, 0.05) is 12.1 Å². The van der Waals surface area contributed by atoms with Crippen molar-refractivity contribution in [3.05, 3.63) is 23.5 Å². The first-order valence-corrected chi connectivity index (χ1v) is 8.00. The van der Waals surface area contributed by atoms with Crippen LogP contribution in [0.15, 0.2) is 12.1 Å². The molecule has 112 valence electrons. The summed E-state index contributed by atoms with van der Waals surface area (Å²) in [6.45, 7) is 5.97. The molecule has 1 aromatic carbocycles. The largest absolute Gasteiger partial charge is 0.506 e. The zero-order chi connectivity index (χ0) is 14.7. The predicted octanol–water partition coefficient (Wildman–Crippen LogP) is 4.64. The third kappa shape index (κ3) is 2.63. The Bertz CT molecular complexity index is 421. The van der Waals surface area contributed by atoms with Crippen LogP contribution >= 0.6 is 0 Å². The van der Waals surface area contributed by atoms with Gasteiger partial charge in [-0.2, -0.15) is 0 Å². The number of phenolic OH excluding ortho intramolecular Hbond substituents is 1. The van der Waals surface area contributed by atoms with E-state index in [-0.39, 0.29) is 11.6 Å². The summed E-state index contributed by atoms with van der Waals surface area (Å²) in [6.07, 6.45) is 6.52. The number of phenols is 1. The zero-order valence-corrected chi connectivity index (χ0v) is 12.8. The van der Waals surface area contributed by atoms with Crippen molar-refractivity contribution in [3.63, 3.8) is 0 Å². The van der Waals surface area contributed by atoms with Crippen molar-refractivity contribution in [2.24, 2.45) is 0 Å². The van der Waals surface area contributed by atoms with E-state index in [0.29, 0.717) is 17.8 Å². The third-order valence-corrected chi connectivity index (χ3v) is 4.46. The molecule has 0 saturated carbocycles. The first-order chi connectivity index (χ1) is 9.70. The smallest absolute Gasteiger partial charge is 0.150 e. The Kier molecular flexibility index (Phi) is 4.90. The Labute approximate surface area is 121 Å². The summed E-state index contributed by atoms with van der Waals surface area (Å²) < 4.78 is 14.3. The highest BCUT2D eigenvalue weighted by Crippen LogP contribution is 2.44. The van der Waals surface area contributed by atoms with Crippen LogP contribution in [0.3, 0.4) is 0 Å². The summed E-state index contributed by atoms with van der Waals surface area (Å²) in [5.41, 5.74) is 1.30. The molecule has 2 fully saturated rings. The Morgan fingerprint density at radius 1 is 1.15 bits per heavy atom. The van der Waals surface area contributed by atoms with Gasteiger partial charge in [0.1, 0.15) is 11.4 Å². The Balaban J connectivity index is 0.000000704. The normalized spacial score (nSPS) is 24.3. The molecule has 0 aliphatic carbocycles. The van der Waals surface area contributed by atoms with E-state index in [0.717, 1.165) is 37.7 Å². The van der Waals surface area contributed by atoms with E-state index in [4.69, 9.17) is 0 Å². The van der Waals surface area contributed by atoms with Crippen molar-refractivity contribution in [3.8, 4) is 5.75 Å². The van der Waals surface area contributed by atoms with E-state index in [1.54, 1.807) is 12.1 Å². The summed E-state index contributed by atoms with van der Waals surface area (Å²) >= 11 is 0. The molecule has 0 aromatic heterocycles. The standard InChI is InChI=1S/C15H20FNO.C2H6/c1-2-10-8-13(16)15(14(18)9-10)17-11-4-3-5-12(17)7-6-11;1-2/h8-9,11-12,18H,2-7H2,1H3;1-2H3. The van der Waals surface area contributed by atoms with Crippen LogP contribution in [0, 0.1) is 5.82 Å². The number of benzene rings is 1. The molecule has 0 spiro atoms. The molecule has 0 amide bonds. The number of aryl methyl sites for hydroxylation is 1. The van der Waals surface area contributed by atoms with Crippen LogP contribution in [-0.2, 0) is 6.42 Å². The van der Waals surface area contributed by atoms with E-state index in [9.17, 15) is 9.50 Å². The number of aromatic hydroxyl groups is 1.